The largest absolute Gasteiger partial charge is 0.340 e. The third-order valence-corrected chi connectivity index (χ3v) is 4.26. The van der Waals surface area contributed by atoms with Crippen LogP contribution < -0.4 is 0 Å². The van der Waals surface area contributed by atoms with Gasteiger partial charge in [-0.3, -0.25) is 14.6 Å². The number of aryl methyl sites for hydroxylation is 1. The Kier molecular flexibility index (Phi) is 3.53. The van der Waals surface area contributed by atoms with Gasteiger partial charge in [-0.15, -0.1) is 0 Å². The minimum atomic E-state index is -0.0373. The van der Waals surface area contributed by atoms with Crippen molar-refractivity contribution in [2.45, 2.75) is 38.6 Å². The van der Waals surface area contributed by atoms with Crippen molar-refractivity contribution >= 4 is 5.91 Å². The molecular formula is C15H21N5O. The van der Waals surface area contributed by atoms with E-state index in [1.54, 1.807) is 17.1 Å². The molecule has 3 rings (SSSR count). The third kappa shape index (κ3) is 2.84. The van der Waals surface area contributed by atoms with Gasteiger partial charge in [0, 0.05) is 36.6 Å². The van der Waals surface area contributed by atoms with Gasteiger partial charge in [0.25, 0.3) is 0 Å². The van der Waals surface area contributed by atoms with E-state index >= 15 is 0 Å². The fraction of sp³-hybridized carbons (Fsp3) is 0.533. The molecular weight excluding hydrogens is 266 g/mol. The zero-order valence-corrected chi connectivity index (χ0v) is 12.5. The number of aromatic amines is 1. The summed E-state index contributed by atoms with van der Waals surface area (Å²) >= 11 is 0. The summed E-state index contributed by atoms with van der Waals surface area (Å²) in [5, 5.41) is 11.3. The Hall–Kier alpha value is -2.11. The Morgan fingerprint density at radius 3 is 3.05 bits per heavy atom. The number of nitrogens with zero attached hydrogens (tertiary/aromatic N) is 4. The number of piperidine rings is 1. The van der Waals surface area contributed by atoms with Gasteiger partial charge in [-0.1, -0.05) is 6.92 Å². The Bertz CT molecular complexity index is 618. The van der Waals surface area contributed by atoms with Crippen molar-refractivity contribution in [3.05, 3.63) is 35.9 Å². The number of likely N-dealkylation sites (tertiary alicyclic amines) is 1. The summed E-state index contributed by atoms with van der Waals surface area (Å²) in [6.45, 7) is 6.03. The van der Waals surface area contributed by atoms with Crippen LogP contribution in [0.2, 0.25) is 0 Å². The monoisotopic (exact) mass is 287 g/mol. The number of nitrogens with one attached hydrogen (secondary N) is 1. The van der Waals surface area contributed by atoms with Gasteiger partial charge in [-0.25, -0.2) is 0 Å². The number of carbonyl (C=O) groups is 1. The highest BCUT2D eigenvalue weighted by Crippen LogP contribution is 2.32. The Morgan fingerprint density at radius 2 is 2.38 bits per heavy atom. The predicted octanol–water partition coefficient (Wildman–Crippen LogP) is 1.49. The third-order valence-electron chi connectivity index (χ3n) is 4.26. The molecule has 6 nitrogen and oxygen atoms in total. The highest BCUT2D eigenvalue weighted by atomic mass is 16.2. The molecule has 0 aromatic carbocycles. The first-order chi connectivity index (χ1) is 10.1. The minimum Gasteiger partial charge on any atom is -0.340 e. The van der Waals surface area contributed by atoms with Gasteiger partial charge >= 0.3 is 0 Å². The molecule has 1 saturated heterocycles. The molecule has 112 valence electrons. The molecule has 3 heterocycles. The lowest BCUT2D eigenvalue weighted by Crippen LogP contribution is -2.48. The minimum absolute atomic E-state index is 0.0373. The molecule has 2 aromatic heterocycles. The SMILES string of the molecule is Cc1cnn(CC(=O)N2CCC[C@@](C)(c3ccn[nH]3)C2)c1. The Morgan fingerprint density at radius 1 is 1.52 bits per heavy atom. The molecule has 1 aliphatic rings. The molecule has 0 aliphatic carbocycles. The summed E-state index contributed by atoms with van der Waals surface area (Å²) in [7, 11) is 0. The first kappa shape index (κ1) is 13.9. The second kappa shape index (κ2) is 5.35. The lowest BCUT2D eigenvalue weighted by molar-refractivity contribution is -0.134. The highest BCUT2D eigenvalue weighted by Gasteiger charge is 2.35. The van der Waals surface area contributed by atoms with Gasteiger partial charge in [0.2, 0.25) is 5.91 Å². The molecule has 0 spiro atoms. The summed E-state index contributed by atoms with van der Waals surface area (Å²) < 4.78 is 1.71. The average molecular weight is 287 g/mol. The van der Waals surface area contributed by atoms with Crippen molar-refractivity contribution in [1.29, 1.82) is 0 Å². The number of amides is 1. The summed E-state index contributed by atoms with van der Waals surface area (Å²) in [6, 6.07) is 2.00. The molecule has 1 atom stereocenters. The fourth-order valence-corrected chi connectivity index (χ4v) is 3.06. The summed E-state index contributed by atoms with van der Waals surface area (Å²) in [5.74, 6) is 0.128. The highest BCUT2D eigenvalue weighted by molar-refractivity contribution is 5.76. The molecule has 0 radical (unpaired) electrons. The zero-order chi connectivity index (χ0) is 14.9. The summed E-state index contributed by atoms with van der Waals surface area (Å²) in [5.41, 5.74) is 2.14. The maximum atomic E-state index is 12.5. The molecule has 21 heavy (non-hydrogen) atoms. The maximum Gasteiger partial charge on any atom is 0.244 e. The van der Waals surface area contributed by atoms with Crippen molar-refractivity contribution in [3.63, 3.8) is 0 Å². The van der Waals surface area contributed by atoms with Gasteiger partial charge in [0.1, 0.15) is 6.54 Å². The van der Waals surface area contributed by atoms with Crippen LogP contribution in [0.4, 0.5) is 0 Å². The molecule has 1 fully saturated rings. The van der Waals surface area contributed by atoms with E-state index in [9.17, 15) is 4.79 Å². The molecule has 0 unspecified atom stereocenters. The smallest absolute Gasteiger partial charge is 0.244 e. The van der Waals surface area contributed by atoms with E-state index in [2.05, 4.69) is 22.2 Å². The topological polar surface area (TPSA) is 66.8 Å². The van der Waals surface area contributed by atoms with Crippen molar-refractivity contribution in [1.82, 2.24) is 24.9 Å². The van der Waals surface area contributed by atoms with E-state index < -0.39 is 0 Å². The average Bonchev–Trinajstić information content (AvgIpc) is 3.11. The van der Waals surface area contributed by atoms with Crippen molar-refractivity contribution in [2.75, 3.05) is 13.1 Å². The van der Waals surface area contributed by atoms with E-state index in [1.807, 2.05) is 24.1 Å². The van der Waals surface area contributed by atoms with Gasteiger partial charge in [0.15, 0.2) is 0 Å². The Labute approximate surface area is 124 Å². The number of hydrogen-bond donors (Lipinski definition) is 1. The molecule has 0 saturated carbocycles. The lowest BCUT2D eigenvalue weighted by Gasteiger charge is -2.39. The van der Waals surface area contributed by atoms with Crippen LogP contribution in [0.3, 0.4) is 0 Å². The van der Waals surface area contributed by atoms with Crippen LogP contribution in [-0.2, 0) is 16.8 Å². The quantitative estimate of drug-likeness (QED) is 0.930. The van der Waals surface area contributed by atoms with Crippen molar-refractivity contribution in [2.24, 2.45) is 0 Å². The number of H-pyrrole nitrogens is 1. The number of aromatic nitrogens is 4. The number of rotatable bonds is 3. The Balaban J connectivity index is 1.69. The van der Waals surface area contributed by atoms with Crippen LogP contribution in [0.5, 0.6) is 0 Å². The standard InChI is InChI=1S/C15H21N5O/c1-12-8-17-20(9-12)10-14(21)19-7-3-5-15(2,11-19)13-4-6-16-18-13/h4,6,8-9H,3,5,7,10-11H2,1-2H3,(H,16,18)/t15-/m1/s1. The predicted molar refractivity (Wildman–Crippen MR) is 78.7 cm³/mol. The number of hydrogen-bond acceptors (Lipinski definition) is 3. The van der Waals surface area contributed by atoms with E-state index in [-0.39, 0.29) is 11.3 Å². The second-order valence-electron chi connectivity index (χ2n) is 6.17. The summed E-state index contributed by atoms with van der Waals surface area (Å²) in [6.07, 6.45) is 7.53. The van der Waals surface area contributed by atoms with E-state index in [0.717, 1.165) is 37.2 Å². The summed E-state index contributed by atoms with van der Waals surface area (Å²) in [4.78, 5) is 14.4. The van der Waals surface area contributed by atoms with Crippen molar-refractivity contribution in [3.8, 4) is 0 Å². The molecule has 1 N–H and O–H groups in total. The molecule has 1 amide bonds. The van der Waals surface area contributed by atoms with Gasteiger partial charge in [-0.05, 0) is 31.4 Å². The van der Waals surface area contributed by atoms with Gasteiger partial charge in [-0.2, -0.15) is 10.2 Å². The van der Waals surface area contributed by atoms with E-state index in [4.69, 9.17) is 0 Å². The van der Waals surface area contributed by atoms with Crippen LogP contribution in [0.1, 0.15) is 31.0 Å². The molecule has 0 bridgehead atoms. The first-order valence-corrected chi connectivity index (χ1v) is 7.33. The normalized spacial score (nSPS) is 22.5. The van der Waals surface area contributed by atoms with E-state index in [0.29, 0.717) is 6.54 Å². The van der Waals surface area contributed by atoms with Crippen LogP contribution >= 0.6 is 0 Å². The zero-order valence-electron chi connectivity index (χ0n) is 12.5. The fourth-order valence-electron chi connectivity index (χ4n) is 3.06. The maximum absolute atomic E-state index is 12.5. The van der Waals surface area contributed by atoms with Crippen LogP contribution in [-0.4, -0.2) is 43.9 Å². The van der Waals surface area contributed by atoms with Crippen LogP contribution in [0, 0.1) is 6.92 Å². The first-order valence-electron chi connectivity index (χ1n) is 7.33. The number of carbonyl (C=O) groups excluding carboxylic acids is 1. The van der Waals surface area contributed by atoms with Crippen LogP contribution in [0.25, 0.3) is 0 Å². The molecule has 6 heteroatoms. The van der Waals surface area contributed by atoms with Crippen molar-refractivity contribution < 1.29 is 4.79 Å². The second-order valence-corrected chi connectivity index (χ2v) is 6.17. The molecule has 2 aromatic rings. The molecule has 1 aliphatic heterocycles. The van der Waals surface area contributed by atoms with Gasteiger partial charge in [0.05, 0.1) is 6.20 Å². The lowest BCUT2D eigenvalue weighted by atomic mass is 9.79. The van der Waals surface area contributed by atoms with Crippen LogP contribution in [0.15, 0.2) is 24.7 Å². The van der Waals surface area contributed by atoms with Gasteiger partial charge < -0.3 is 4.90 Å². The van der Waals surface area contributed by atoms with E-state index in [1.165, 1.54) is 0 Å².